The molecule has 0 saturated carbocycles. The molecule has 3 N–H and O–H groups in total. The van der Waals surface area contributed by atoms with Gasteiger partial charge in [0, 0.05) is 13.0 Å². The van der Waals surface area contributed by atoms with Crippen LogP contribution in [0.1, 0.15) is 63.5 Å². The fourth-order valence-electron chi connectivity index (χ4n) is 3.36. The number of carbonyl (C=O) groups is 2. The van der Waals surface area contributed by atoms with E-state index in [0.717, 1.165) is 18.4 Å². The minimum absolute atomic E-state index is 0.0202. The standard InChI is InChI=1S/C22H32N2O3/c1-22(2,3)27-21(26)14-18-13-16(15-24-20(25)9-6-12-23)10-11-17-7-4-5-8-19(17)18/h4-5,7-8,10,18H,6,9,11-15,23H2,1-3H3,(H,24,25). The number of hydrogen-bond donors (Lipinski definition) is 2. The molecule has 1 unspecified atom stereocenters. The van der Waals surface area contributed by atoms with Gasteiger partial charge in [-0.05, 0) is 63.6 Å². The number of nitrogens with two attached hydrogens (primary N) is 1. The van der Waals surface area contributed by atoms with Crippen molar-refractivity contribution in [1.29, 1.82) is 0 Å². The van der Waals surface area contributed by atoms with Crippen molar-refractivity contribution in [2.45, 2.75) is 64.4 Å². The molecule has 1 aromatic rings. The maximum atomic E-state index is 12.4. The highest BCUT2D eigenvalue weighted by Gasteiger charge is 2.25. The Morgan fingerprint density at radius 3 is 2.70 bits per heavy atom. The van der Waals surface area contributed by atoms with E-state index in [9.17, 15) is 9.59 Å². The zero-order chi connectivity index (χ0) is 19.9. The van der Waals surface area contributed by atoms with Crippen molar-refractivity contribution >= 4 is 11.9 Å². The highest BCUT2D eigenvalue weighted by Crippen LogP contribution is 2.33. The molecule has 0 heterocycles. The average Bonchev–Trinajstić information content (AvgIpc) is 2.76. The second-order valence-electron chi connectivity index (χ2n) is 8.13. The van der Waals surface area contributed by atoms with Gasteiger partial charge < -0.3 is 15.8 Å². The fraction of sp³-hybridized carbons (Fsp3) is 0.545. The Labute approximate surface area is 162 Å². The van der Waals surface area contributed by atoms with Gasteiger partial charge in [-0.25, -0.2) is 0 Å². The van der Waals surface area contributed by atoms with E-state index in [1.165, 1.54) is 11.1 Å². The minimum Gasteiger partial charge on any atom is -0.460 e. The molecule has 5 heteroatoms. The normalized spacial score (nSPS) is 16.7. The van der Waals surface area contributed by atoms with Gasteiger partial charge in [-0.15, -0.1) is 0 Å². The summed E-state index contributed by atoms with van der Waals surface area (Å²) in [4.78, 5) is 24.3. The van der Waals surface area contributed by atoms with Crippen LogP contribution in [-0.2, 0) is 20.7 Å². The van der Waals surface area contributed by atoms with Crippen LogP contribution < -0.4 is 11.1 Å². The molecule has 0 radical (unpaired) electrons. The third-order valence-electron chi connectivity index (χ3n) is 4.57. The van der Waals surface area contributed by atoms with Crippen molar-refractivity contribution in [3.8, 4) is 0 Å². The summed E-state index contributed by atoms with van der Waals surface area (Å²) in [6.45, 7) is 6.68. The second kappa shape index (κ2) is 9.70. The molecule has 1 amide bonds. The molecule has 5 nitrogen and oxygen atoms in total. The van der Waals surface area contributed by atoms with Crippen molar-refractivity contribution in [1.82, 2.24) is 5.32 Å². The van der Waals surface area contributed by atoms with Crippen molar-refractivity contribution in [2.24, 2.45) is 5.73 Å². The van der Waals surface area contributed by atoms with Crippen LogP contribution in [0.15, 0.2) is 35.9 Å². The van der Waals surface area contributed by atoms with Crippen LogP contribution in [0.4, 0.5) is 0 Å². The third kappa shape index (κ3) is 7.18. The monoisotopic (exact) mass is 372 g/mol. The number of benzene rings is 1. The Kier molecular flexibility index (Phi) is 7.60. The van der Waals surface area contributed by atoms with Crippen molar-refractivity contribution in [2.75, 3.05) is 13.1 Å². The number of hydrogen-bond acceptors (Lipinski definition) is 4. The predicted octanol–water partition coefficient (Wildman–Crippen LogP) is 3.23. The molecule has 1 aliphatic carbocycles. The topological polar surface area (TPSA) is 81.4 Å². The van der Waals surface area contributed by atoms with Crippen LogP contribution in [0.25, 0.3) is 0 Å². The molecule has 0 aromatic heterocycles. The first-order valence-corrected chi connectivity index (χ1v) is 9.73. The summed E-state index contributed by atoms with van der Waals surface area (Å²) in [5.41, 5.74) is 8.55. The quantitative estimate of drug-likeness (QED) is 0.569. The first kappa shape index (κ1) is 21.2. The minimum atomic E-state index is -0.489. The second-order valence-corrected chi connectivity index (χ2v) is 8.13. The number of fused-ring (bicyclic) bond motifs is 1. The van der Waals surface area contributed by atoms with E-state index in [0.29, 0.717) is 32.4 Å². The van der Waals surface area contributed by atoms with E-state index < -0.39 is 5.60 Å². The number of nitrogens with one attached hydrogen (secondary N) is 1. The van der Waals surface area contributed by atoms with E-state index in [2.05, 4.69) is 23.5 Å². The lowest BCUT2D eigenvalue weighted by molar-refractivity contribution is -0.155. The van der Waals surface area contributed by atoms with Crippen LogP contribution in [0.3, 0.4) is 0 Å². The summed E-state index contributed by atoms with van der Waals surface area (Å²) < 4.78 is 5.53. The molecule has 0 aliphatic heterocycles. The highest BCUT2D eigenvalue weighted by atomic mass is 16.6. The number of ether oxygens (including phenoxy) is 1. The summed E-state index contributed by atoms with van der Waals surface area (Å²) in [6.07, 6.45) is 5.22. The van der Waals surface area contributed by atoms with Crippen LogP contribution in [-0.4, -0.2) is 30.6 Å². The van der Waals surface area contributed by atoms with Crippen LogP contribution in [0.5, 0.6) is 0 Å². The molecule has 0 saturated heterocycles. The van der Waals surface area contributed by atoms with E-state index in [4.69, 9.17) is 10.5 Å². The van der Waals surface area contributed by atoms with Crippen LogP contribution >= 0.6 is 0 Å². The van der Waals surface area contributed by atoms with Gasteiger partial charge in [-0.3, -0.25) is 9.59 Å². The van der Waals surface area contributed by atoms with Gasteiger partial charge in [0.1, 0.15) is 5.60 Å². The SMILES string of the molecule is CC(C)(C)OC(=O)CC1CC(CNC(=O)CCCN)=CCc2ccccc21. The molecule has 1 aromatic carbocycles. The third-order valence-corrected chi connectivity index (χ3v) is 4.57. The van der Waals surface area contributed by atoms with Gasteiger partial charge in [0.05, 0.1) is 6.42 Å². The maximum absolute atomic E-state index is 12.4. The Hall–Kier alpha value is -2.14. The van der Waals surface area contributed by atoms with Gasteiger partial charge in [0.25, 0.3) is 0 Å². The lowest BCUT2D eigenvalue weighted by Gasteiger charge is -2.23. The van der Waals surface area contributed by atoms with Gasteiger partial charge in [-0.2, -0.15) is 0 Å². The molecule has 0 fully saturated rings. The van der Waals surface area contributed by atoms with E-state index in [-0.39, 0.29) is 17.8 Å². The smallest absolute Gasteiger partial charge is 0.306 e. The number of esters is 1. The van der Waals surface area contributed by atoms with Crippen molar-refractivity contribution in [3.05, 3.63) is 47.0 Å². The predicted molar refractivity (Wildman–Crippen MR) is 107 cm³/mol. The zero-order valence-electron chi connectivity index (χ0n) is 16.7. The molecule has 2 rings (SSSR count). The molecule has 0 bridgehead atoms. The van der Waals surface area contributed by atoms with Gasteiger partial charge in [0.15, 0.2) is 0 Å². The summed E-state index contributed by atoms with van der Waals surface area (Å²) >= 11 is 0. The molecular weight excluding hydrogens is 340 g/mol. The lowest BCUT2D eigenvalue weighted by Crippen LogP contribution is -2.27. The summed E-state index contributed by atoms with van der Waals surface area (Å²) in [5.74, 6) is -0.104. The molecule has 0 spiro atoms. The molecule has 1 atom stereocenters. The Balaban J connectivity index is 2.07. The molecule has 1 aliphatic rings. The summed E-state index contributed by atoms with van der Waals surface area (Å²) in [5, 5.41) is 2.97. The molecule has 27 heavy (non-hydrogen) atoms. The van der Waals surface area contributed by atoms with Crippen LogP contribution in [0, 0.1) is 0 Å². The Bertz CT molecular complexity index is 689. The lowest BCUT2D eigenvalue weighted by atomic mass is 9.88. The Morgan fingerprint density at radius 1 is 1.26 bits per heavy atom. The number of carbonyl (C=O) groups excluding carboxylic acids is 2. The average molecular weight is 373 g/mol. The Morgan fingerprint density at radius 2 is 2.00 bits per heavy atom. The number of allylic oxidation sites excluding steroid dienone is 1. The first-order chi connectivity index (χ1) is 12.8. The van der Waals surface area contributed by atoms with Crippen molar-refractivity contribution < 1.29 is 14.3 Å². The van der Waals surface area contributed by atoms with Gasteiger partial charge >= 0.3 is 5.97 Å². The molecule has 148 valence electrons. The van der Waals surface area contributed by atoms with Gasteiger partial charge in [-0.1, -0.05) is 35.9 Å². The summed E-state index contributed by atoms with van der Waals surface area (Å²) in [6, 6.07) is 8.25. The van der Waals surface area contributed by atoms with Crippen molar-refractivity contribution in [3.63, 3.8) is 0 Å². The molecular formula is C22H32N2O3. The van der Waals surface area contributed by atoms with Gasteiger partial charge in [0.2, 0.25) is 5.91 Å². The fourth-order valence-corrected chi connectivity index (χ4v) is 3.36. The zero-order valence-corrected chi connectivity index (χ0v) is 16.7. The van der Waals surface area contributed by atoms with E-state index >= 15 is 0 Å². The summed E-state index contributed by atoms with van der Waals surface area (Å²) in [7, 11) is 0. The maximum Gasteiger partial charge on any atom is 0.306 e. The highest BCUT2D eigenvalue weighted by molar-refractivity contribution is 5.76. The first-order valence-electron chi connectivity index (χ1n) is 9.73. The van der Waals surface area contributed by atoms with Crippen LogP contribution in [0.2, 0.25) is 0 Å². The largest absolute Gasteiger partial charge is 0.460 e. The van der Waals surface area contributed by atoms with E-state index in [1.807, 2.05) is 32.9 Å². The van der Waals surface area contributed by atoms with E-state index in [1.54, 1.807) is 0 Å². The number of amides is 1. The number of rotatable bonds is 7.